The maximum Gasteiger partial charge on any atom is 0.0212 e. The summed E-state index contributed by atoms with van der Waals surface area (Å²) in [4.78, 5) is 0. The first kappa shape index (κ1) is 14.3. The van der Waals surface area contributed by atoms with Gasteiger partial charge in [0, 0.05) is 17.8 Å². The maximum atomic E-state index is 4.15. The van der Waals surface area contributed by atoms with Crippen LogP contribution in [-0.2, 0) is 0 Å². The molecule has 4 unspecified atom stereocenters. The van der Waals surface area contributed by atoms with Gasteiger partial charge in [0.15, 0.2) is 0 Å². The zero-order chi connectivity index (χ0) is 13.9. The normalized spacial score (nSPS) is 47.5. The lowest BCUT2D eigenvalue weighted by Crippen LogP contribution is -2.58. The van der Waals surface area contributed by atoms with E-state index >= 15 is 0 Å². The molecule has 2 bridgehead atoms. The second kappa shape index (κ2) is 4.40. The third-order valence-corrected chi connectivity index (χ3v) is 7.82. The van der Waals surface area contributed by atoms with E-state index in [-0.39, 0.29) is 0 Å². The van der Waals surface area contributed by atoms with E-state index < -0.39 is 0 Å². The highest BCUT2D eigenvalue weighted by molar-refractivity contribution is 7.99. The molecule has 4 atom stereocenters. The summed E-state index contributed by atoms with van der Waals surface area (Å²) >= 11 is 2.15. The zero-order valence-electron chi connectivity index (χ0n) is 13.4. The Labute approximate surface area is 123 Å². The molecule has 110 valence electrons. The van der Waals surface area contributed by atoms with Gasteiger partial charge in [-0.15, -0.1) is 0 Å². The van der Waals surface area contributed by atoms with Crippen LogP contribution in [-0.4, -0.2) is 23.6 Å². The summed E-state index contributed by atoms with van der Waals surface area (Å²) < 4.78 is 0. The molecule has 0 aromatic carbocycles. The van der Waals surface area contributed by atoms with Crippen LogP contribution < -0.4 is 5.32 Å². The molecule has 1 saturated heterocycles. The predicted octanol–water partition coefficient (Wildman–Crippen LogP) is 4.32. The number of thioether (sulfide) groups is 1. The van der Waals surface area contributed by atoms with Crippen LogP contribution in [0.3, 0.4) is 0 Å². The molecule has 3 aliphatic rings. The lowest BCUT2D eigenvalue weighted by Gasteiger charge is -2.49. The van der Waals surface area contributed by atoms with Crippen molar-refractivity contribution in [1.82, 2.24) is 5.32 Å². The minimum Gasteiger partial charge on any atom is -0.309 e. The summed E-state index contributed by atoms with van der Waals surface area (Å²) in [5.41, 5.74) is 1.52. The van der Waals surface area contributed by atoms with Gasteiger partial charge in [0.05, 0.1) is 0 Å². The Kier molecular flexibility index (Phi) is 3.30. The minimum absolute atomic E-state index is 0.472. The van der Waals surface area contributed by atoms with Crippen LogP contribution in [0.1, 0.15) is 60.3 Å². The summed E-state index contributed by atoms with van der Waals surface area (Å²) in [5, 5.41) is 4.15. The molecule has 0 spiro atoms. The van der Waals surface area contributed by atoms with E-state index in [0.29, 0.717) is 22.3 Å². The molecule has 3 rings (SSSR count). The minimum atomic E-state index is 0.472. The summed E-state index contributed by atoms with van der Waals surface area (Å²) in [5.74, 6) is 3.61. The van der Waals surface area contributed by atoms with Crippen LogP contribution in [0.2, 0.25) is 0 Å². The fourth-order valence-corrected chi connectivity index (χ4v) is 6.75. The van der Waals surface area contributed by atoms with E-state index in [1.165, 1.54) is 37.2 Å². The van der Waals surface area contributed by atoms with Gasteiger partial charge in [-0.1, -0.05) is 34.6 Å². The number of nitrogens with one attached hydrogen (secondary N) is 1. The van der Waals surface area contributed by atoms with E-state index in [4.69, 9.17) is 0 Å². The topological polar surface area (TPSA) is 12.0 Å². The van der Waals surface area contributed by atoms with Gasteiger partial charge in [0.1, 0.15) is 0 Å². The molecule has 0 aromatic heterocycles. The molecule has 3 fully saturated rings. The van der Waals surface area contributed by atoms with E-state index in [0.717, 1.165) is 12.0 Å². The Balaban J connectivity index is 1.79. The van der Waals surface area contributed by atoms with Crippen LogP contribution in [0.15, 0.2) is 0 Å². The fourth-order valence-electron chi connectivity index (χ4n) is 5.13. The van der Waals surface area contributed by atoms with Gasteiger partial charge in [-0.05, 0) is 53.6 Å². The smallest absolute Gasteiger partial charge is 0.0212 e. The van der Waals surface area contributed by atoms with E-state index in [9.17, 15) is 0 Å². The summed E-state index contributed by atoms with van der Waals surface area (Å²) in [6.45, 7) is 12.5. The Hall–Kier alpha value is 0.310. The highest BCUT2D eigenvalue weighted by atomic mass is 32.2. The van der Waals surface area contributed by atoms with Crippen LogP contribution in [0, 0.1) is 22.2 Å². The van der Waals surface area contributed by atoms with Crippen molar-refractivity contribution in [3.05, 3.63) is 0 Å². The van der Waals surface area contributed by atoms with Gasteiger partial charge < -0.3 is 5.32 Å². The molecule has 0 aromatic rings. The number of rotatable bonds is 2. The van der Waals surface area contributed by atoms with Gasteiger partial charge in [-0.3, -0.25) is 0 Å². The van der Waals surface area contributed by atoms with Crippen LogP contribution in [0.5, 0.6) is 0 Å². The fraction of sp³-hybridized carbons (Fsp3) is 1.00. The number of hydrogen-bond acceptors (Lipinski definition) is 2. The molecule has 0 amide bonds. The third-order valence-electron chi connectivity index (χ3n) is 6.76. The largest absolute Gasteiger partial charge is 0.309 e. The number of fused-ring (bicyclic) bond motifs is 2. The van der Waals surface area contributed by atoms with Crippen LogP contribution in [0.25, 0.3) is 0 Å². The van der Waals surface area contributed by atoms with Crippen molar-refractivity contribution in [2.75, 3.05) is 11.5 Å². The average molecular weight is 282 g/mol. The Morgan fingerprint density at radius 2 is 1.79 bits per heavy atom. The lowest BCUT2D eigenvalue weighted by molar-refractivity contribution is 0.0788. The maximum absolute atomic E-state index is 4.15. The van der Waals surface area contributed by atoms with Crippen molar-refractivity contribution in [1.29, 1.82) is 0 Å². The molecule has 1 aliphatic heterocycles. The summed E-state index contributed by atoms with van der Waals surface area (Å²) in [6.07, 6.45) is 5.73. The van der Waals surface area contributed by atoms with Crippen molar-refractivity contribution in [3.63, 3.8) is 0 Å². The van der Waals surface area contributed by atoms with E-state index in [2.05, 4.69) is 51.7 Å². The monoisotopic (exact) mass is 281 g/mol. The van der Waals surface area contributed by atoms with Crippen molar-refractivity contribution >= 4 is 11.8 Å². The molecule has 0 radical (unpaired) electrons. The molecule has 2 saturated carbocycles. The van der Waals surface area contributed by atoms with Crippen LogP contribution in [0.4, 0.5) is 0 Å². The van der Waals surface area contributed by atoms with Gasteiger partial charge >= 0.3 is 0 Å². The molecule has 2 heteroatoms. The molecule has 1 heterocycles. The van der Waals surface area contributed by atoms with Crippen molar-refractivity contribution in [2.24, 2.45) is 22.2 Å². The Bertz CT molecular complexity index is 358. The third kappa shape index (κ3) is 2.18. The first-order chi connectivity index (χ1) is 8.76. The van der Waals surface area contributed by atoms with Crippen molar-refractivity contribution in [3.8, 4) is 0 Å². The first-order valence-corrected chi connectivity index (χ1v) is 9.25. The van der Waals surface area contributed by atoms with Gasteiger partial charge in [-0.2, -0.15) is 11.8 Å². The predicted molar refractivity (Wildman–Crippen MR) is 85.7 cm³/mol. The Morgan fingerprint density at radius 1 is 1.05 bits per heavy atom. The summed E-state index contributed by atoms with van der Waals surface area (Å²) in [7, 11) is 0. The van der Waals surface area contributed by atoms with E-state index in [1.807, 2.05) is 0 Å². The molecule has 2 aliphatic carbocycles. The molecular formula is C17H31NS. The molecular weight excluding hydrogens is 250 g/mol. The summed E-state index contributed by atoms with van der Waals surface area (Å²) in [6, 6.07) is 1.42. The highest BCUT2D eigenvalue weighted by Gasteiger charge is 2.59. The van der Waals surface area contributed by atoms with Gasteiger partial charge in [-0.25, -0.2) is 0 Å². The van der Waals surface area contributed by atoms with Gasteiger partial charge in [0.2, 0.25) is 0 Å². The SMILES string of the molecule is CC1(C)CCSCC1NC1C2(C)CCC(C2)C1(C)C. The zero-order valence-corrected chi connectivity index (χ0v) is 14.2. The second-order valence-electron chi connectivity index (χ2n) is 8.88. The molecule has 1 N–H and O–H groups in total. The quantitative estimate of drug-likeness (QED) is 0.809. The van der Waals surface area contributed by atoms with Crippen molar-refractivity contribution < 1.29 is 0 Å². The Morgan fingerprint density at radius 3 is 2.37 bits per heavy atom. The van der Waals surface area contributed by atoms with Crippen LogP contribution >= 0.6 is 11.8 Å². The van der Waals surface area contributed by atoms with Crippen molar-refractivity contribution in [2.45, 2.75) is 72.4 Å². The standard InChI is InChI=1S/C17H31NS/c1-15(2)8-9-19-11-13(15)18-14-16(3,4)12-6-7-17(14,5)10-12/h12-14,18H,6-11H2,1-5H3. The lowest BCUT2D eigenvalue weighted by atomic mass is 9.67. The second-order valence-corrected chi connectivity index (χ2v) is 10.0. The average Bonchev–Trinajstić information content (AvgIpc) is 2.77. The molecule has 19 heavy (non-hydrogen) atoms. The first-order valence-electron chi connectivity index (χ1n) is 8.09. The van der Waals surface area contributed by atoms with E-state index in [1.54, 1.807) is 0 Å². The molecule has 1 nitrogen and oxygen atoms in total. The van der Waals surface area contributed by atoms with Gasteiger partial charge in [0.25, 0.3) is 0 Å². The number of hydrogen-bond donors (Lipinski definition) is 1. The highest BCUT2D eigenvalue weighted by Crippen LogP contribution is 2.62.